The second-order valence-corrected chi connectivity index (χ2v) is 7.81. The van der Waals surface area contributed by atoms with E-state index in [4.69, 9.17) is 0 Å². The third kappa shape index (κ3) is 3.85. The summed E-state index contributed by atoms with van der Waals surface area (Å²) in [6.45, 7) is 1.93. The summed E-state index contributed by atoms with van der Waals surface area (Å²) >= 11 is 2.22. The third-order valence-electron chi connectivity index (χ3n) is 4.57. The number of halogens is 3. The zero-order valence-electron chi connectivity index (χ0n) is 15.4. The fraction of sp³-hybridized carbons (Fsp3) is 0.0435. The van der Waals surface area contributed by atoms with E-state index in [1.807, 2.05) is 31.2 Å². The van der Waals surface area contributed by atoms with E-state index in [2.05, 4.69) is 27.6 Å². The molecule has 0 aliphatic rings. The fourth-order valence-electron chi connectivity index (χ4n) is 3.15. The van der Waals surface area contributed by atoms with Crippen LogP contribution < -0.4 is 5.56 Å². The Labute approximate surface area is 179 Å². The van der Waals surface area contributed by atoms with E-state index in [0.717, 1.165) is 27.0 Å². The monoisotopic (exact) mass is 500 g/mol. The van der Waals surface area contributed by atoms with E-state index >= 15 is 0 Å². The smallest absolute Gasteiger partial charge is 0.266 e. The molecule has 0 aliphatic heterocycles. The largest absolute Gasteiger partial charge is 0.268 e. The van der Waals surface area contributed by atoms with Gasteiger partial charge in [0.05, 0.1) is 16.6 Å². The molecule has 4 aromatic rings. The molecule has 4 rings (SSSR count). The molecule has 0 fully saturated rings. The first-order chi connectivity index (χ1) is 13.9. The van der Waals surface area contributed by atoms with Crippen LogP contribution in [0.25, 0.3) is 28.7 Å². The normalized spacial score (nSPS) is 11.4. The number of aryl methyl sites for hydroxylation is 1. The Morgan fingerprint density at radius 3 is 2.52 bits per heavy atom. The molecule has 0 radical (unpaired) electrons. The first-order valence-corrected chi connectivity index (χ1v) is 9.93. The number of aromatic nitrogens is 2. The predicted octanol–water partition coefficient (Wildman–Crippen LogP) is 5.75. The van der Waals surface area contributed by atoms with Crippen molar-refractivity contribution < 1.29 is 8.78 Å². The van der Waals surface area contributed by atoms with Crippen LogP contribution in [-0.2, 0) is 0 Å². The lowest BCUT2D eigenvalue weighted by Crippen LogP contribution is -2.23. The van der Waals surface area contributed by atoms with Crippen molar-refractivity contribution in [3.8, 4) is 5.69 Å². The molecule has 0 bridgehead atoms. The van der Waals surface area contributed by atoms with E-state index in [1.165, 1.54) is 6.07 Å². The number of hydrogen-bond acceptors (Lipinski definition) is 2. The quantitative estimate of drug-likeness (QED) is 0.336. The summed E-state index contributed by atoms with van der Waals surface area (Å²) in [7, 11) is 0. The summed E-state index contributed by atoms with van der Waals surface area (Å²) < 4.78 is 29.3. The van der Waals surface area contributed by atoms with E-state index in [1.54, 1.807) is 34.9 Å². The molecule has 0 spiro atoms. The number of fused-ring (bicyclic) bond motifs is 1. The van der Waals surface area contributed by atoms with E-state index in [0.29, 0.717) is 22.3 Å². The topological polar surface area (TPSA) is 34.9 Å². The second-order valence-electron chi connectivity index (χ2n) is 6.57. The maximum atomic E-state index is 13.5. The van der Waals surface area contributed by atoms with Gasteiger partial charge in [-0.1, -0.05) is 24.3 Å². The van der Waals surface area contributed by atoms with Crippen molar-refractivity contribution in [3.63, 3.8) is 0 Å². The Bertz CT molecular complexity index is 1330. The first kappa shape index (κ1) is 19.4. The second kappa shape index (κ2) is 7.87. The van der Waals surface area contributed by atoms with Crippen LogP contribution in [0.15, 0.2) is 65.5 Å². The van der Waals surface area contributed by atoms with Crippen molar-refractivity contribution in [1.29, 1.82) is 0 Å². The molecule has 0 N–H and O–H groups in total. The zero-order valence-corrected chi connectivity index (χ0v) is 17.5. The van der Waals surface area contributed by atoms with Crippen LogP contribution in [0.4, 0.5) is 8.78 Å². The number of benzene rings is 3. The molecule has 3 aromatic carbocycles. The Kier molecular flexibility index (Phi) is 5.27. The lowest BCUT2D eigenvalue weighted by molar-refractivity contribution is 0.508. The summed E-state index contributed by atoms with van der Waals surface area (Å²) in [6.07, 6.45) is 3.25. The molecule has 0 saturated heterocycles. The molecule has 6 heteroatoms. The van der Waals surface area contributed by atoms with Gasteiger partial charge in [0.1, 0.15) is 5.82 Å². The predicted molar refractivity (Wildman–Crippen MR) is 120 cm³/mol. The van der Waals surface area contributed by atoms with Gasteiger partial charge in [0.15, 0.2) is 11.6 Å². The summed E-state index contributed by atoms with van der Waals surface area (Å²) in [6, 6.07) is 16.6. The molecule has 0 saturated carbocycles. The molecular weight excluding hydrogens is 485 g/mol. The Morgan fingerprint density at radius 2 is 1.76 bits per heavy atom. The molecule has 1 heterocycles. The van der Waals surface area contributed by atoms with E-state index in [9.17, 15) is 13.6 Å². The van der Waals surface area contributed by atoms with E-state index in [-0.39, 0.29) is 5.56 Å². The van der Waals surface area contributed by atoms with Crippen molar-refractivity contribution in [2.75, 3.05) is 0 Å². The minimum atomic E-state index is -0.926. The van der Waals surface area contributed by atoms with Crippen molar-refractivity contribution in [2.45, 2.75) is 6.92 Å². The van der Waals surface area contributed by atoms with E-state index < -0.39 is 11.6 Å². The number of nitrogens with zero attached hydrogens (tertiary/aromatic N) is 2. The highest BCUT2D eigenvalue weighted by molar-refractivity contribution is 14.1. The molecule has 1 aromatic heterocycles. The fourth-order valence-corrected chi connectivity index (χ4v) is 3.80. The van der Waals surface area contributed by atoms with Crippen LogP contribution in [0.1, 0.15) is 17.0 Å². The molecule has 0 amide bonds. The van der Waals surface area contributed by atoms with Gasteiger partial charge in [0.25, 0.3) is 5.56 Å². The highest BCUT2D eigenvalue weighted by atomic mass is 127. The summed E-state index contributed by atoms with van der Waals surface area (Å²) in [5.74, 6) is -1.43. The summed E-state index contributed by atoms with van der Waals surface area (Å²) in [5, 5.41) is 0.510. The molecule has 0 atom stereocenters. The summed E-state index contributed by atoms with van der Waals surface area (Å²) in [5.41, 5.74) is 2.50. The van der Waals surface area contributed by atoms with Gasteiger partial charge in [-0.15, -0.1) is 0 Å². The molecule has 144 valence electrons. The van der Waals surface area contributed by atoms with Crippen LogP contribution in [0.2, 0.25) is 0 Å². The van der Waals surface area contributed by atoms with Gasteiger partial charge in [-0.2, -0.15) is 0 Å². The first-order valence-electron chi connectivity index (χ1n) is 8.85. The highest BCUT2D eigenvalue weighted by Crippen LogP contribution is 2.20. The molecule has 0 unspecified atom stereocenters. The van der Waals surface area contributed by atoms with Gasteiger partial charge in [0, 0.05) is 3.57 Å². The van der Waals surface area contributed by atoms with Gasteiger partial charge >= 0.3 is 0 Å². The Hall–Kier alpha value is -2.87. The number of para-hydroxylation sites is 1. The Morgan fingerprint density at radius 1 is 0.966 bits per heavy atom. The minimum absolute atomic E-state index is 0.190. The maximum absolute atomic E-state index is 13.5. The molecular formula is C23H15F2IN2O. The maximum Gasteiger partial charge on any atom is 0.266 e. The van der Waals surface area contributed by atoms with Crippen molar-refractivity contribution >= 4 is 45.6 Å². The lowest BCUT2D eigenvalue weighted by Gasteiger charge is -2.14. The van der Waals surface area contributed by atoms with Crippen LogP contribution in [0.3, 0.4) is 0 Å². The number of rotatable bonds is 3. The van der Waals surface area contributed by atoms with Crippen LogP contribution in [0.5, 0.6) is 0 Å². The van der Waals surface area contributed by atoms with Gasteiger partial charge < -0.3 is 0 Å². The highest BCUT2D eigenvalue weighted by Gasteiger charge is 2.13. The third-order valence-corrected chi connectivity index (χ3v) is 5.24. The molecule has 0 aliphatic carbocycles. The minimum Gasteiger partial charge on any atom is -0.268 e. The van der Waals surface area contributed by atoms with Crippen molar-refractivity contribution in [3.05, 3.63) is 103 Å². The zero-order chi connectivity index (χ0) is 20.5. The summed E-state index contributed by atoms with van der Waals surface area (Å²) in [4.78, 5) is 17.9. The average molecular weight is 500 g/mol. The molecule has 29 heavy (non-hydrogen) atoms. The molecule has 3 nitrogen and oxygen atoms in total. The van der Waals surface area contributed by atoms with Gasteiger partial charge in [-0.25, -0.2) is 13.8 Å². The van der Waals surface area contributed by atoms with Crippen LogP contribution >= 0.6 is 22.6 Å². The van der Waals surface area contributed by atoms with Gasteiger partial charge in [0.2, 0.25) is 0 Å². The Balaban J connectivity index is 1.95. The average Bonchev–Trinajstić information content (AvgIpc) is 2.70. The van der Waals surface area contributed by atoms with Gasteiger partial charge in [-0.3, -0.25) is 9.36 Å². The van der Waals surface area contributed by atoms with Crippen LogP contribution in [0, 0.1) is 22.1 Å². The lowest BCUT2D eigenvalue weighted by atomic mass is 10.1. The SMILES string of the molecule is Cc1cc(I)ccc1-n1c(/C=C\c2ccc(F)c(F)c2)nc2ccccc2c1=O. The van der Waals surface area contributed by atoms with Gasteiger partial charge in [-0.05, 0) is 89.2 Å². The van der Waals surface area contributed by atoms with Crippen molar-refractivity contribution in [1.82, 2.24) is 9.55 Å². The standard InChI is InChI=1S/C23H15F2IN2O/c1-14-12-16(26)8-10-21(14)28-22(11-7-15-6-9-18(24)19(25)13-15)27-20-5-3-2-4-17(20)23(28)29/h2-13H,1H3/b11-7-. The van der Waals surface area contributed by atoms with Crippen molar-refractivity contribution in [2.24, 2.45) is 0 Å². The van der Waals surface area contributed by atoms with Crippen LogP contribution in [-0.4, -0.2) is 9.55 Å². The number of hydrogen-bond donors (Lipinski definition) is 0.